The molecule has 10 heteroatoms. The normalized spacial score (nSPS) is 21.8. The molecule has 1 aromatic heterocycles. The van der Waals surface area contributed by atoms with E-state index in [0.717, 1.165) is 19.3 Å². The first-order valence-corrected chi connectivity index (χ1v) is 12.8. The molecule has 3 aliphatic rings. The van der Waals surface area contributed by atoms with Crippen LogP contribution in [0.15, 0.2) is 11.6 Å². The van der Waals surface area contributed by atoms with Crippen molar-refractivity contribution in [3.63, 3.8) is 0 Å². The number of nitrogens with one attached hydrogen (secondary N) is 2. The average Bonchev–Trinajstić information content (AvgIpc) is 3.20. The number of rotatable bonds is 8. The Morgan fingerprint density at radius 2 is 1.94 bits per heavy atom. The summed E-state index contributed by atoms with van der Waals surface area (Å²) in [5.41, 5.74) is 0.0897. The number of nitrogens with zero attached hydrogens (tertiary/aromatic N) is 3. The maximum Gasteiger partial charge on any atom is 0.245 e. The maximum absolute atomic E-state index is 13.4. The van der Waals surface area contributed by atoms with Gasteiger partial charge in [-0.1, -0.05) is 6.92 Å². The van der Waals surface area contributed by atoms with Crippen LogP contribution in [-0.2, 0) is 19.2 Å². The number of amides is 4. The number of hydrogen-bond acceptors (Lipinski definition) is 6. The van der Waals surface area contributed by atoms with Crippen LogP contribution in [0.4, 0.5) is 5.13 Å². The van der Waals surface area contributed by atoms with Gasteiger partial charge in [-0.25, -0.2) is 4.98 Å². The van der Waals surface area contributed by atoms with Crippen LogP contribution in [0.3, 0.4) is 0 Å². The summed E-state index contributed by atoms with van der Waals surface area (Å²) in [6, 6.07) is -0.445. The molecule has 3 heterocycles. The van der Waals surface area contributed by atoms with Crippen LogP contribution in [0.25, 0.3) is 0 Å². The maximum atomic E-state index is 13.4. The molecule has 4 amide bonds. The summed E-state index contributed by atoms with van der Waals surface area (Å²) < 4.78 is 0. The molecule has 0 radical (unpaired) electrons. The minimum Gasteiger partial charge on any atom is -0.356 e. The van der Waals surface area contributed by atoms with Crippen LogP contribution in [0, 0.1) is 11.3 Å². The fraction of sp³-hybridized carbons (Fsp3) is 0.696. The van der Waals surface area contributed by atoms with Gasteiger partial charge in [0.15, 0.2) is 5.13 Å². The van der Waals surface area contributed by atoms with Gasteiger partial charge in [0, 0.05) is 56.5 Å². The Labute approximate surface area is 198 Å². The molecule has 4 rings (SSSR count). The van der Waals surface area contributed by atoms with Crippen molar-refractivity contribution in [2.45, 2.75) is 64.3 Å². The second kappa shape index (κ2) is 10.2. The van der Waals surface area contributed by atoms with E-state index in [1.165, 1.54) is 11.3 Å². The van der Waals surface area contributed by atoms with Crippen LogP contribution in [0.5, 0.6) is 0 Å². The second-order valence-corrected chi connectivity index (χ2v) is 10.4. The Morgan fingerprint density at radius 3 is 2.58 bits per heavy atom. The molecular formula is C23H33N5O4S. The summed E-state index contributed by atoms with van der Waals surface area (Å²) in [4.78, 5) is 58.4. The Bertz CT molecular complexity index is 877. The highest BCUT2D eigenvalue weighted by molar-refractivity contribution is 7.13. The van der Waals surface area contributed by atoms with Gasteiger partial charge in [-0.2, -0.15) is 0 Å². The third-order valence-corrected chi connectivity index (χ3v) is 7.74. The van der Waals surface area contributed by atoms with Gasteiger partial charge in [-0.3, -0.25) is 19.2 Å². The molecule has 0 unspecified atom stereocenters. The SMILES string of the molecule is CCCNC(=O)CCC(=O)N1CC2(CC2)C[C@H]1C(=O)N1CCC(C(=O)Nc2nccs2)CC1. The van der Waals surface area contributed by atoms with Gasteiger partial charge in [0.25, 0.3) is 0 Å². The molecule has 9 nitrogen and oxygen atoms in total. The molecular weight excluding hydrogens is 442 g/mol. The molecule has 2 N–H and O–H groups in total. The number of thiazole rings is 1. The molecule has 33 heavy (non-hydrogen) atoms. The molecule has 0 aromatic carbocycles. The van der Waals surface area contributed by atoms with Gasteiger partial charge < -0.3 is 20.4 Å². The van der Waals surface area contributed by atoms with Crippen molar-refractivity contribution in [3.05, 3.63) is 11.6 Å². The summed E-state index contributed by atoms with van der Waals surface area (Å²) in [7, 11) is 0. The first-order valence-electron chi connectivity index (χ1n) is 12.0. The lowest BCUT2D eigenvalue weighted by Gasteiger charge is -2.35. The van der Waals surface area contributed by atoms with Gasteiger partial charge in [-0.15, -0.1) is 11.3 Å². The number of carbonyl (C=O) groups excluding carboxylic acids is 4. The first-order chi connectivity index (χ1) is 15.9. The van der Waals surface area contributed by atoms with Crippen molar-refractivity contribution in [1.82, 2.24) is 20.1 Å². The summed E-state index contributed by atoms with van der Waals surface area (Å²) >= 11 is 1.39. The van der Waals surface area contributed by atoms with E-state index < -0.39 is 6.04 Å². The number of carbonyl (C=O) groups is 4. The van der Waals surface area contributed by atoms with E-state index in [4.69, 9.17) is 0 Å². The van der Waals surface area contributed by atoms with Gasteiger partial charge in [0.05, 0.1) is 0 Å². The van der Waals surface area contributed by atoms with Crippen molar-refractivity contribution >= 4 is 40.1 Å². The van der Waals surface area contributed by atoms with E-state index in [1.807, 2.05) is 17.2 Å². The first kappa shape index (κ1) is 23.7. The Kier molecular flexibility index (Phi) is 7.31. The standard InChI is InChI=1S/C23H33N5O4S/c1-2-9-24-18(29)3-4-19(30)28-15-23(7-8-23)14-17(28)21(32)27-11-5-16(6-12-27)20(31)26-22-25-10-13-33-22/h10,13,16-17H,2-9,11-12,14-15H2,1H3,(H,24,29)(H,25,26,31)/t17-/m0/s1. The van der Waals surface area contributed by atoms with Crippen LogP contribution in [0.1, 0.15) is 58.3 Å². The smallest absolute Gasteiger partial charge is 0.245 e. The van der Waals surface area contributed by atoms with E-state index in [1.54, 1.807) is 11.1 Å². The highest BCUT2D eigenvalue weighted by atomic mass is 32.1. The summed E-state index contributed by atoms with van der Waals surface area (Å²) in [6.07, 6.45) is 6.82. The fourth-order valence-corrected chi connectivity index (χ4v) is 5.39. The quantitative estimate of drug-likeness (QED) is 0.597. The van der Waals surface area contributed by atoms with E-state index in [2.05, 4.69) is 15.6 Å². The number of aromatic nitrogens is 1. The van der Waals surface area contributed by atoms with Gasteiger partial charge >= 0.3 is 0 Å². The van der Waals surface area contributed by atoms with Crippen molar-refractivity contribution in [1.29, 1.82) is 0 Å². The predicted octanol–water partition coefficient (Wildman–Crippen LogP) is 2.01. The van der Waals surface area contributed by atoms with Gasteiger partial charge in [0.1, 0.15) is 6.04 Å². The third-order valence-electron chi connectivity index (χ3n) is 7.05. The second-order valence-electron chi connectivity index (χ2n) is 9.52. The van der Waals surface area contributed by atoms with Crippen molar-refractivity contribution < 1.29 is 19.2 Å². The van der Waals surface area contributed by atoms with E-state index in [0.29, 0.717) is 50.6 Å². The summed E-state index contributed by atoms with van der Waals surface area (Å²) in [6.45, 7) is 4.24. The largest absolute Gasteiger partial charge is 0.356 e. The highest BCUT2D eigenvalue weighted by Crippen LogP contribution is 2.55. The fourth-order valence-electron chi connectivity index (χ4n) is 4.86. The molecule has 2 saturated heterocycles. The van der Waals surface area contributed by atoms with Crippen molar-refractivity contribution in [3.8, 4) is 0 Å². The molecule has 1 saturated carbocycles. The number of hydrogen-bond donors (Lipinski definition) is 2. The zero-order valence-corrected chi connectivity index (χ0v) is 20.0. The Hall–Kier alpha value is -2.49. The molecule has 0 bridgehead atoms. The highest BCUT2D eigenvalue weighted by Gasteiger charge is 2.55. The number of likely N-dealkylation sites (tertiary alicyclic amines) is 2. The molecule has 1 aliphatic carbocycles. The van der Waals surface area contributed by atoms with Gasteiger partial charge in [0.2, 0.25) is 23.6 Å². The zero-order chi connectivity index (χ0) is 23.4. The minimum absolute atomic E-state index is 0.0126. The average molecular weight is 476 g/mol. The molecule has 3 fully saturated rings. The lowest BCUT2D eigenvalue weighted by molar-refractivity contribution is -0.145. The van der Waals surface area contributed by atoms with Crippen LogP contribution in [-0.4, -0.2) is 70.6 Å². The van der Waals surface area contributed by atoms with E-state index in [9.17, 15) is 19.2 Å². The summed E-state index contributed by atoms with van der Waals surface area (Å²) in [5.74, 6) is -0.432. The molecule has 2 aliphatic heterocycles. The molecule has 180 valence electrons. The molecule has 1 atom stereocenters. The Morgan fingerprint density at radius 1 is 1.18 bits per heavy atom. The van der Waals surface area contributed by atoms with Crippen LogP contribution < -0.4 is 10.6 Å². The Balaban J connectivity index is 1.30. The van der Waals surface area contributed by atoms with E-state index in [-0.39, 0.29) is 47.8 Å². The predicted molar refractivity (Wildman–Crippen MR) is 124 cm³/mol. The lowest BCUT2D eigenvalue weighted by Crippen LogP contribution is -2.50. The lowest BCUT2D eigenvalue weighted by atomic mass is 9.95. The van der Waals surface area contributed by atoms with Crippen molar-refractivity contribution in [2.24, 2.45) is 11.3 Å². The number of piperidine rings is 1. The van der Waals surface area contributed by atoms with E-state index >= 15 is 0 Å². The summed E-state index contributed by atoms with van der Waals surface area (Å²) in [5, 5.41) is 8.06. The minimum atomic E-state index is -0.445. The third kappa shape index (κ3) is 5.72. The topological polar surface area (TPSA) is 112 Å². The number of anilines is 1. The van der Waals surface area contributed by atoms with Crippen LogP contribution in [0.2, 0.25) is 0 Å². The molecule has 1 aromatic rings. The zero-order valence-electron chi connectivity index (χ0n) is 19.2. The van der Waals surface area contributed by atoms with Crippen molar-refractivity contribution in [2.75, 3.05) is 31.5 Å². The van der Waals surface area contributed by atoms with Crippen LogP contribution >= 0.6 is 11.3 Å². The van der Waals surface area contributed by atoms with Gasteiger partial charge in [-0.05, 0) is 43.9 Å². The monoisotopic (exact) mass is 475 g/mol. The molecule has 1 spiro atoms.